The van der Waals surface area contributed by atoms with E-state index in [9.17, 15) is 14.7 Å². The van der Waals surface area contributed by atoms with Crippen LogP contribution >= 0.6 is 0 Å². The number of aliphatic hydroxyl groups excluding tert-OH is 1. The van der Waals surface area contributed by atoms with E-state index < -0.39 is 23.9 Å². The smallest absolute Gasteiger partial charge is 0.410 e. The van der Waals surface area contributed by atoms with Gasteiger partial charge in [0.2, 0.25) is 0 Å². The van der Waals surface area contributed by atoms with Gasteiger partial charge < -0.3 is 24.4 Å². The lowest BCUT2D eigenvalue weighted by Crippen LogP contribution is -2.46. The third-order valence-electron chi connectivity index (χ3n) is 3.94. The summed E-state index contributed by atoms with van der Waals surface area (Å²) in [6.45, 7) is 13.4. The van der Waals surface area contributed by atoms with E-state index in [1.807, 2.05) is 0 Å². The van der Waals surface area contributed by atoms with E-state index in [0.29, 0.717) is 25.9 Å². The Bertz CT molecular complexity index is 553. The van der Waals surface area contributed by atoms with Crippen molar-refractivity contribution in [3.05, 3.63) is 37.5 Å². The minimum absolute atomic E-state index is 0.156. The highest BCUT2D eigenvalue weighted by Gasteiger charge is 2.35. The van der Waals surface area contributed by atoms with Crippen molar-refractivity contribution < 1.29 is 24.2 Å². The number of nitrogens with zero attached hydrogens (tertiary/aromatic N) is 2. The van der Waals surface area contributed by atoms with Gasteiger partial charge in [0.1, 0.15) is 11.7 Å². The van der Waals surface area contributed by atoms with E-state index in [1.54, 1.807) is 50.0 Å². The topological polar surface area (TPSA) is 79.3 Å². The molecule has 1 rings (SSSR count). The van der Waals surface area contributed by atoms with Crippen LogP contribution in [0.5, 0.6) is 0 Å². The monoisotopic (exact) mass is 380 g/mol. The molecule has 1 unspecified atom stereocenters. The third-order valence-corrected chi connectivity index (χ3v) is 3.94. The first-order chi connectivity index (χ1) is 12.7. The Morgan fingerprint density at radius 2 is 2.07 bits per heavy atom. The van der Waals surface area contributed by atoms with Crippen LogP contribution < -0.4 is 0 Å². The molecule has 1 saturated heterocycles. The molecule has 0 aromatic rings. The van der Waals surface area contributed by atoms with Crippen LogP contribution in [0.15, 0.2) is 37.5 Å². The Morgan fingerprint density at radius 1 is 1.37 bits per heavy atom. The van der Waals surface area contributed by atoms with Crippen LogP contribution in [0.1, 0.15) is 33.6 Å². The van der Waals surface area contributed by atoms with Gasteiger partial charge in [-0.3, -0.25) is 0 Å². The zero-order chi connectivity index (χ0) is 20.4. The van der Waals surface area contributed by atoms with Crippen LogP contribution in [0.25, 0.3) is 0 Å². The van der Waals surface area contributed by atoms with Crippen molar-refractivity contribution in [2.75, 3.05) is 26.2 Å². The second-order valence-corrected chi connectivity index (χ2v) is 7.35. The van der Waals surface area contributed by atoms with E-state index in [-0.39, 0.29) is 19.2 Å². The quantitative estimate of drug-likeness (QED) is 0.517. The summed E-state index contributed by atoms with van der Waals surface area (Å²) in [5, 5.41) is 9.30. The highest BCUT2D eigenvalue weighted by atomic mass is 16.6. The number of hydrogen-bond donors (Lipinski definition) is 1. The normalized spacial score (nSPS) is 18.2. The van der Waals surface area contributed by atoms with Gasteiger partial charge in [-0.25, -0.2) is 9.59 Å². The molecule has 0 saturated carbocycles. The summed E-state index contributed by atoms with van der Waals surface area (Å²) in [5.41, 5.74) is -0.628. The summed E-state index contributed by atoms with van der Waals surface area (Å²) in [6.07, 6.45) is 6.53. The van der Waals surface area contributed by atoms with Crippen molar-refractivity contribution in [1.82, 2.24) is 9.80 Å². The van der Waals surface area contributed by atoms with Gasteiger partial charge in [-0.15, -0.1) is 6.58 Å². The van der Waals surface area contributed by atoms with Crippen molar-refractivity contribution >= 4 is 12.2 Å². The largest absolute Gasteiger partial charge is 0.444 e. The van der Waals surface area contributed by atoms with E-state index in [2.05, 4.69) is 13.2 Å². The van der Waals surface area contributed by atoms with Crippen molar-refractivity contribution in [3.63, 3.8) is 0 Å². The number of allylic oxidation sites excluding steroid dienone is 2. The first-order valence-electron chi connectivity index (χ1n) is 9.18. The van der Waals surface area contributed by atoms with Crippen molar-refractivity contribution in [1.29, 1.82) is 0 Å². The maximum atomic E-state index is 12.4. The molecule has 0 bridgehead atoms. The molecule has 7 heteroatoms. The molecule has 0 aromatic heterocycles. The number of carbonyl (C=O) groups excluding carboxylic acids is 2. The molecule has 2 amide bonds. The molecule has 0 aliphatic carbocycles. The lowest BCUT2D eigenvalue weighted by Gasteiger charge is -2.31. The van der Waals surface area contributed by atoms with Crippen LogP contribution in [0.4, 0.5) is 9.59 Å². The number of likely N-dealkylation sites (tertiary alicyclic amines) is 1. The second kappa shape index (κ2) is 10.8. The summed E-state index contributed by atoms with van der Waals surface area (Å²) >= 11 is 0. The average molecular weight is 380 g/mol. The lowest BCUT2D eigenvalue weighted by atomic mass is 10.2. The standard InChI is InChI=1S/C20H32N2O5/c1-6-8-10-17(9-7-2)26-18(24)21-12-11-16(15-21)22(13-14-23)19(25)27-20(3,4)5/h6-8,10,16-17,23H,1-2,9,11-15H2,3-5H3/t16?,17-/m0/s1. The van der Waals surface area contributed by atoms with Crippen LogP contribution in [-0.2, 0) is 9.47 Å². The van der Waals surface area contributed by atoms with Gasteiger partial charge in [0.05, 0.1) is 12.6 Å². The van der Waals surface area contributed by atoms with E-state index in [0.717, 1.165) is 0 Å². The van der Waals surface area contributed by atoms with Gasteiger partial charge in [0.15, 0.2) is 0 Å². The summed E-state index contributed by atoms with van der Waals surface area (Å²) in [6, 6.07) is -0.221. The first-order valence-corrected chi connectivity index (χ1v) is 9.18. The predicted octanol–water partition coefficient (Wildman–Crippen LogP) is 3.11. The molecular formula is C20H32N2O5. The summed E-state index contributed by atoms with van der Waals surface area (Å²) < 4.78 is 10.9. The third kappa shape index (κ3) is 7.86. The Labute approximate surface area is 161 Å². The van der Waals surface area contributed by atoms with Crippen LogP contribution in [0, 0.1) is 0 Å². The van der Waals surface area contributed by atoms with E-state index in [4.69, 9.17) is 9.47 Å². The molecular weight excluding hydrogens is 348 g/mol. The fraction of sp³-hybridized carbons (Fsp3) is 0.600. The van der Waals surface area contributed by atoms with Crippen molar-refractivity contribution in [3.8, 4) is 0 Å². The number of aliphatic hydroxyl groups is 1. The molecule has 1 aliphatic heterocycles. The molecule has 0 spiro atoms. The Hall–Kier alpha value is -2.28. The molecule has 0 radical (unpaired) electrons. The Kier molecular flexibility index (Phi) is 9.08. The SMILES string of the molecule is C=CC=C[C@H](CC=C)OC(=O)N1CCC(N(CCO)C(=O)OC(C)(C)C)C1. The van der Waals surface area contributed by atoms with Gasteiger partial charge in [-0.1, -0.05) is 24.8 Å². The average Bonchev–Trinajstić information content (AvgIpc) is 3.05. The summed E-state index contributed by atoms with van der Waals surface area (Å²) in [7, 11) is 0. The second-order valence-electron chi connectivity index (χ2n) is 7.35. The maximum absolute atomic E-state index is 12.4. The molecule has 1 fully saturated rings. The summed E-state index contributed by atoms with van der Waals surface area (Å²) in [4.78, 5) is 27.9. The Morgan fingerprint density at radius 3 is 2.63 bits per heavy atom. The van der Waals surface area contributed by atoms with Gasteiger partial charge in [0.25, 0.3) is 0 Å². The zero-order valence-corrected chi connectivity index (χ0v) is 16.6. The van der Waals surface area contributed by atoms with Gasteiger partial charge in [-0.05, 0) is 33.3 Å². The summed E-state index contributed by atoms with van der Waals surface area (Å²) in [5.74, 6) is 0. The molecule has 1 heterocycles. The van der Waals surface area contributed by atoms with Crippen molar-refractivity contribution in [2.24, 2.45) is 0 Å². The van der Waals surface area contributed by atoms with Crippen LogP contribution in [0.3, 0.4) is 0 Å². The first kappa shape index (κ1) is 22.8. The van der Waals surface area contributed by atoms with E-state index in [1.165, 1.54) is 4.90 Å². The maximum Gasteiger partial charge on any atom is 0.410 e. The number of ether oxygens (including phenoxy) is 2. The molecule has 1 N–H and O–H groups in total. The minimum Gasteiger partial charge on any atom is -0.444 e. The van der Waals surface area contributed by atoms with Crippen molar-refractivity contribution in [2.45, 2.75) is 51.4 Å². The van der Waals surface area contributed by atoms with E-state index >= 15 is 0 Å². The highest BCUT2D eigenvalue weighted by Crippen LogP contribution is 2.20. The van der Waals surface area contributed by atoms with Crippen LogP contribution in [-0.4, -0.2) is 71.1 Å². The molecule has 0 aromatic carbocycles. The molecule has 1 aliphatic rings. The minimum atomic E-state index is -0.628. The zero-order valence-electron chi connectivity index (χ0n) is 16.6. The predicted molar refractivity (Wildman–Crippen MR) is 104 cm³/mol. The molecule has 27 heavy (non-hydrogen) atoms. The number of amides is 2. The fourth-order valence-corrected chi connectivity index (χ4v) is 2.75. The number of hydrogen-bond acceptors (Lipinski definition) is 5. The Balaban J connectivity index is 2.71. The van der Waals surface area contributed by atoms with Gasteiger partial charge in [-0.2, -0.15) is 0 Å². The molecule has 2 atom stereocenters. The molecule has 152 valence electrons. The fourth-order valence-electron chi connectivity index (χ4n) is 2.75. The number of carbonyl (C=O) groups is 2. The van der Waals surface area contributed by atoms with Gasteiger partial charge in [0, 0.05) is 26.1 Å². The van der Waals surface area contributed by atoms with Gasteiger partial charge >= 0.3 is 12.2 Å². The highest BCUT2D eigenvalue weighted by molar-refractivity contribution is 5.70. The number of rotatable bonds is 8. The van der Waals surface area contributed by atoms with Crippen LogP contribution in [0.2, 0.25) is 0 Å². The lowest BCUT2D eigenvalue weighted by molar-refractivity contribution is 0.0126. The molecule has 7 nitrogen and oxygen atoms in total.